The predicted molar refractivity (Wildman–Crippen MR) is 116 cm³/mol. The zero-order chi connectivity index (χ0) is 20.5. The van der Waals surface area contributed by atoms with Crippen LogP contribution in [0.4, 0.5) is 11.4 Å². The number of fused-ring (bicyclic) bond motifs is 1. The highest BCUT2D eigenvalue weighted by Gasteiger charge is 2.31. The van der Waals surface area contributed by atoms with Crippen molar-refractivity contribution < 1.29 is 9.59 Å². The average Bonchev–Trinajstić information content (AvgIpc) is 3.27. The van der Waals surface area contributed by atoms with Crippen molar-refractivity contribution in [3.63, 3.8) is 0 Å². The van der Waals surface area contributed by atoms with E-state index < -0.39 is 0 Å². The molecule has 3 aromatic rings. The Morgan fingerprint density at radius 1 is 0.793 bits per heavy atom. The molecule has 2 amide bonds. The third-order valence-corrected chi connectivity index (χ3v) is 5.67. The van der Waals surface area contributed by atoms with Crippen LogP contribution in [0.1, 0.15) is 49.7 Å². The molecule has 2 N–H and O–H groups in total. The van der Waals surface area contributed by atoms with Gasteiger partial charge in [0.15, 0.2) is 0 Å². The molecule has 0 saturated heterocycles. The van der Waals surface area contributed by atoms with E-state index in [4.69, 9.17) is 0 Å². The molecule has 0 saturated carbocycles. The Bertz CT molecular complexity index is 1110. The van der Waals surface area contributed by atoms with Crippen molar-refractivity contribution in [2.24, 2.45) is 0 Å². The van der Waals surface area contributed by atoms with Gasteiger partial charge in [-0.25, -0.2) is 0 Å². The highest BCUT2D eigenvalue weighted by molar-refractivity contribution is 6.17. The van der Waals surface area contributed by atoms with Crippen molar-refractivity contribution in [3.8, 4) is 0 Å². The lowest BCUT2D eigenvalue weighted by molar-refractivity contribution is 0.0990. The van der Waals surface area contributed by atoms with Gasteiger partial charge in [-0.3, -0.25) is 9.59 Å². The van der Waals surface area contributed by atoms with Gasteiger partial charge >= 0.3 is 0 Å². The summed E-state index contributed by atoms with van der Waals surface area (Å²) in [5.41, 5.74) is 6.24. The molecule has 1 aliphatic heterocycles. The summed E-state index contributed by atoms with van der Waals surface area (Å²) in [7, 11) is 0. The number of rotatable bonds is 4. The van der Waals surface area contributed by atoms with Crippen LogP contribution in [-0.4, -0.2) is 16.4 Å². The van der Waals surface area contributed by atoms with E-state index in [1.54, 1.807) is 0 Å². The largest absolute Gasteiger partial charge is 0.347 e. The van der Waals surface area contributed by atoms with Crippen LogP contribution in [-0.2, 0) is 13.0 Å². The Morgan fingerprint density at radius 2 is 1.31 bits per heavy atom. The molecule has 0 unspecified atom stereocenters. The molecule has 0 bridgehead atoms. The molecule has 4 rings (SSSR count). The Labute approximate surface area is 170 Å². The number of hydrogen-bond donors (Lipinski definition) is 2. The number of amides is 2. The highest BCUT2D eigenvalue weighted by Crippen LogP contribution is 2.31. The first-order valence-electron chi connectivity index (χ1n) is 9.93. The smallest absolute Gasteiger partial charge is 0.258 e. The Kier molecular flexibility index (Phi) is 4.97. The van der Waals surface area contributed by atoms with Gasteiger partial charge in [0.25, 0.3) is 11.8 Å². The van der Waals surface area contributed by atoms with Crippen molar-refractivity contribution in [1.82, 2.24) is 4.57 Å². The maximum atomic E-state index is 13.3. The number of carbonyl (C=O) groups excluding carboxylic acids is 2. The first kappa shape index (κ1) is 19.0. The maximum absolute atomic E-state index is 13.3. The molecule has 0 fully saturated rings. The summed E-state index contributed by atoms with van der Waals surface area (Å²) in [6.07, 6.45) is 1.79. The fraction of sp³-hybridized carbons (Fsp3) is 0.250. The van der Waals surface area contributed by atoms with Gasteiger partial charge in [-0.15, -0.1) is 0 Å². The van der Waals surface area contributed by atoms with E-state index in [-0.39, 0.29) is 11.8 Å². The molecular weight excluding hydrogens is 362 g/mol. The third-order valence-electron chi connectivity index (χ3n) is 5.67. The van der Waals surface area contributed by atoms with Crippen molar-refractivity contribution in [1.29, 1.82) is 0 Å². The van der Waals surface area contributed by atoms with Gasteiger partial charge in [0.2, 0.25) is 0 Å². The second-order valence-corrected chi connectivity index (χ2v) is 7.58. The molecule has 2 heterocycles. The summed E-state index contributed by atoms with van der Waals surface area (Å²) < 4.78 is 2.11. The minimum Gasteiger partial charge on any atom is -0.347 e. The molecule has 1 aromatic heterocycles. The molecule has 5 heteroatoms. The van der Waals surface area contributed by atoms with E-state index in [2.05, 4.69) is 15.2 Å². The van der Waals surface area contributed by atoms with E-state index in [0.717, 1.165) is 53.3 Å². The van der Waals surface area contributed by atoms with Gasteiger partial charge in [-0.2, -0.15) is 0 Å². The standard InChI is InChI=1S/C24H25N3O2/c1-15-9-4-6-11-18(15)25-23(28)21-17(3)27-14-8-13-20(27)22(21)24(29)26-19-12-7-5-10-16(19)2/h4-7,9-12H,8,13-14H2,1-3H3,(H,25,28)(H,26,29). The van der Waals surface area contributed by atoms with Gasteiger partial charge in [0.05, 0.1) is 11.1 Å². The van der Waals surface area contributed by atoms with Crippen LogP contribution >= 0.6 is 0 Å². The lowest BCUT2D eigenvalue weighted by atomic mass is 10.0. The number of aromatic nitrogens is 1. The summed E-state index contributed by atoms with van der Waals surface area (Å²) >= 11 is 0. The molecule has 0 spiro atoms. The zero-order valence-corrected chi connectivity index (χ0v) is 17.0. The van der Waals surface area contributed by atoms with Crippen LogP contribution in [0.2, 0.25) is 0 Å². The predicted octanol–water partition coefficient (Wildman–Crippen LogP) is 4.86. The quantitative estimate of drug-likeness (QED) is 0.671. The first-order valence-corrected chi connectivity index (χ1v) is 9.93. The molecule has 0 radical (unpaired) electrons. The normalized spacial score (nSPS) is 12.5. The second kappa shape index (κ2) is 7.59. The lowest BCUT2D eigenvalue weighted by Gasteiger charge is -2.12. The van der Waals surface area contributed by atoms with Crippen LogP contribution in [0.3, 0.4) is 0 Å². The minimum absolute atomic E-state index is 0.229. The van der Waals surface area contributed by atoms with Crippen molar-refractivity contribution in [2.45, 2.75) is 40.2 Å². The number of benzene rings is 2. The number of carbonyl (C=O) groups is 2. The second-order valence-electron chi connectivity index (χ2n) is 7.58. The van der Waals surface area contributed by atoms with E-state index in [0.29, 0.717) is 11.1 Å². The average molecular weight is 387 g/mol. The number of aryl methyl sites for hydroxylation is 2. The van der Waals surface area contributed by atoms with Crippen LogP contribution in [0.5, 0.6) is 0 Å². The molecule has 148 valence electrons. The summed E-state index contributed by atoms with van der Waals surface area (Å²) in [5.74, 6) is -0.471. The molecule has 0 aliphatic carbocycles. The summed E-state index contributed by atoms with van der Waals surface area (Å²) in [6.45, 7) is 6.67. The van der Waals surface area contributed by atoms with Gasteiger partial charge in [0.1, 0.15) is 0 Å². The fourth-order valence-corrected chi connectivity index (χ4v) is 4.08. The number of nitrogens with zero attached hydrogens (tertiary/aromatic N) is 1. The van der Waals surface area contributed by atoms with Crippen molar-refractivity contribution in [3.05, 3.63) is 82.2 Å². The molecule has 2 aromatic carbocycles. The molecule has 1 aliphatic rings. The van der Waals surface area contributed by atoms with Crippen LogP contribution in [0, 0.1) is 20.8 Å². The molecular formula is C24H25N3O2. The zero-order valence-electron chi connectivity index (χ0n) is 17.0. The molecule has 0 atom stereocenters. The van der Waals surface area contributed by atoms with Gasteiger partial charge in [0, 0.05) is 29.3 Å². The highest BCUT2D eigenvalue weighted by atomic mass is 16.2. The SMILES string of the molecule is Cc1ccccc1NC(=O)c1c(C(=O)Nc2ccccc2C)c2n(c1C)CCC2. The van der Waals surface area contributed by atoms with Crippen molar-refractivity contribution in [2.75, 3.05) is 10.6 Å². The van der Waals surface area contributed by atoms with Crippen LogP contribution < -0.4 is 10.6 Å². The van der Waals surface area contributed by atoms with Crippen LogP contribution in [0.15, 0.2) is 48.5 Å². The number of hydrogen-bond acceptors (Lipinski definition) is 2. The molecule has 29 heavy (non-hydrogen) atoms. The number of nitrogens with one attached hydrogen (secondary N) is 2. The fourth-order valence-electron chi connectivity index (χ4n) is 4.08. The third kappa shape index (κ3) is 3.44. The summed E-state index contributed by atoms with van der Waals surface area (Å²) in [6, 6.07) is 15.3. The maximum Gasteiger partial charge on any atom is 0.258 e. The van der Waals surface area contributed by atoms with Gasteiger partial charge < -0.3 is 15.2 Å². The minimum atomic E-state index is -0.242. The van der Waals surface area contributed by atoms with Crippen molar-refractivity contribution >= 4 is 23.2 Å². The van der Waals surface area contributed by atoms with Gasteiger partial charge in [-0.1, -0.05) is 36.4 Å². The van der Waals surface area contributed by atoms with Gasteiger partial charge in [-0.05, 0) is 56.9 Å². The first-order chi connectivity index (χ1) is 14.0. The van der Waals surface area contributed by atoms with E-state index in [1.165, 1.54) is 0 Å². The summed E-state index contributed by atoms with van der Waals surface area (Å²) in [4.78, 5) is 26.5. The topological polar surface area (TPSA) is 63.1 Å². The lowest BCUT2D eigenvalue weighted by Crippen LogP contribution is -2.21. The Morgan fingerprint density at radius 3 is 1.86 bits per heavy atom. The summed E-state index contributed by atoms with van der Waals surface area (Å²) in [5, 5.41) is 6.00. The Balaban J connectivity index is 1.73. The number of anilines is 2. The monoisotopic (exact) mass is 387 g/mol. The Hall–Kier alpha value is -3.34. The van der Waals surface area contributed by atoms with Crippen LogP contribution in [0.25, 0.3) is 0 Å². The number of para-hydroxylation sites is 2. The van der Waals surface area contributed by atoms with E-state index in [9.17, 15) is 9.59 Å². The van der Waals surface area contributed by atoms with E-state index in [1.807, 2.05) is 69.3 Å². The molecule has 5 nitrogen and oxygen atoms in total. The van der Waals surface area contributed by atoms with E-state index >= 15 is 0 Å².